The zero-order valence-corrected chi connectivity index (χ0v) is 25.1. The first-order valence-electron chi connectivity index (χ1n) is 14.1. The normalized spacial score (nSPS) is 15.0. The molecule has 0 aliphatic rings. The van der Waals surface area contributed by atoms with Crippen LogP contribution >= 0.6 is 0 Å². The molecule has 0 saturated heterocycles. The molecule has 1 unspecified atom stereocenters. The maximum atomic E-state index is 14.9. The van der Waals surface area contributed by atoms with Crippen LogP contribution in [0.25, 0.3) is 0 Å². The summed E-state index contributed by atoms with van der Waals surface area (Å²) in [6.45, 7) is 0.299. The van der Waals surface area contributed by atoms with E-state index >= 15 is 0 Å². The number of carbonyl (C=O) groups is 2. The molecule has 0 radical (unpaired) electrons. The molecule has 0 spiro atoms. The third-order valence-corrected chi connectivity index (χ3v) is 7.20. The molecule has 1 atom stereocenters. The molecule has 0 aromatic rings. The summed E-state index contributed by atoms with van der Waals surface area (Å²) in [4.78, 5) is 23.6. The van der Waals surface area contributed by atoms with E-state index in [1.54, 1.807) is 13.8 Å². The van der Waals surface area contributed by atoms with Crippen LogP contribution in [0.3, 0.4) is 0 Å². The molecule has 286 valence electrons. The Morgan fingerprint density at radius 2 is 0.896 bits per heavy atom. The Morgan fingerprint density at radius 1 is 0.521 bits per heavy atom. The van der Waals surface area contributed by atoms with Crippen LogP contribution in [-0.2, 0) is 0 Å². The second kappa shape index (κ2) is 15.9. The lowest BCUT2D eigenvalue weighted by atomic mass is 9.87. The number of rotatable bonds is 21. The highest BCUT2D eigenvalue weighted by Gasteiger charge is 2.95. The lowest BCUT2D eigenvalue weighted by Gasteiger charge is -2.43. The Hall–Kier alpha value is -2.65. The fourth-order valence-electron chi connectivity index (χ4n) is 4.29. The van der Waals surface area contributed by atoms with Crippen molar-refractivity contribution in [2.75, 3.05) is 19.6 Å². The summed E-state index contributed by atoms with van der Waals surface area (Å²) < 4.78 is 234. The number of alkyl halides is 17. The molecule has 6 nitrogen and oxygen atoms in total. The van der Waals surface area contributed by atoms with E-state index < -0.39 is 91.9 Å². The predicted molar refractivity (Wildman–Crippen MR) is 132 cm³/mol. The Balaban J connectivity index is 7.01. The van der Waals surface area contributed by atoms with E-state index in [-0.39, 0.29) is 35.5 Å². The number of hydrogen-bond acceptors (Lipinski definition) is 2. The van der Waals surface area contributed by atoms with Gasteiger partial charge in [-0.3, -0.25) is 0 Å². The number of carboxylic acid groups (broad SMARTS) is 2. The van der Waals surface area contributed by atoms with Crippen molar-refractivity contribution in [2.45, 2.75) is 125 Å². The Kier molecular flexibility index (Phi) is 15.0. The molecule has 0 rings (SSSR count). The van der Waals surface area contributed by atoms with Gasteiger partial charge in [0.25, 0.3) is 0 Å². The number of nitrogens with zero attached hydrogens (tertiary/aromatic N) is 2. The van der Waals surface area contributed by atoms with Crippen LogP contribution in [0.1, 0.15) is 71.6 Å². The van der Waals surface area contributed by atoms with Gasteiger partial charge in [-0.15, -0.1) is 0 Å². The van der Waals surface area contributed by atoms with Gasteiger partial charge >= 0.3 is 59.8 Å². The highest BCUT2D eigenvalue weighted by molar-refractivity contribution is 5.67. The molecule has 0 fully saturated rings. The molecule has 0 aromatic carbocycles. The molecule has 0 aliphatic carbocycles. The number of halogens is 17. The first-order chi connectivity index (χ1) is 21.4. The van der Waals surface area contributed by atoms with E-state index in [9.17, 15) is 94.4 Å². The molecule has 48 heavy (non-hydrogen) atoms. The van der Waals surface area contributed by atoms with Gasteiger partial charge in [0, 0.05) is 26.1 Å². The molecular formula is C25H33F17N2O4. The second-order valence-electron chi connectivity index (χ2n) is 10.8. The van der Waals surface area contributed by atoms with Gasteiger partial charge in [0.2, 0.25) is 0 Å². The molecular weight excluding hydrogens is 715 g/mol. The van der Waals surface area contributed by atoms with Crippen molar-refractivity contribution < 1.29 is 94.4 Å². The van der Waals surface area contributed by atoms with Crippen LogP contribution in [0.5, 0.6) is 0 Å². The number of unbranched alkanes of at least 4 members (excludes halogenated alkanes) is 6. The van der Waals surface area contributed by atoms with Gasteiger partial charge in [-0.1, -0.05) is 52.4 Å². The molecule has 0 aromatic heterocycles. The van der Waals surface area contributed by atoms with E-state index in [0.717, 1.165) is 0 Å². The molecule has 0 aliphatic heterocycles. The van der Waals surface area contributed by atoms with Crippen molar-refractivity contribution in [1.29, 1.82) is 0 Å². The summed E-state index contributed by atoms with van der Waals surface area (Å²) in [7, 11) is 0. The minimum Gasteiger partial charge on any atom is -0.465 e. The van der Waals surface area contributed by atoms with Crippen molar-refractivity contribution in [3.05, 3.63) is 0 Å². The molecule has 0 heterocycles. The van der Waals surface area contributed by atoms with Crippen molar-refractivity contribution in [3.63, 3.8) is 0 Å². The van der Waals surface area contributed by atoms with E-state index in [1.807, 2.05) is 0 Å². The standard InChI is InChI=1S/C25H33F17N2O4/c1-3-5-7-9-11-43(16(45)46)14-15(44(17(47)48)12-10-8-6-4-2)13-18(26,27)19(28,29)20(30,31)21(32,33)22(34,35)23(36,37)24(38,39)25(40,41)42/h15H,3-14H2,1-2H3,(H,45,46)(H,47,48). The smallest absolute Gasteiger partial charge is 0.460 e. The molecule has 0 bridgehead atoms. The van der Waals surface area contributed by atoms with Gasteiger partial charge in [0.05, 0.1) is 6.04 Å². The SMILES string of the molecule is CCCCCCN(CC(CC(F)(F)C(F)(F)C(F)(F)C(F)(F)C(F)(F)C(F)(F)C(F)(F)C(F)(F)F)N(CCCCCC)C(=O)O)C(=O)O. The van der Waals surface area contributed by atoms with E-state index in [0.29, 0.717) is 25.7 Å². The minimum atomic E-state index is -8.80. The molecule has 2 amide bonds. The predicted octanol–water partition coefficient (Wildman–Crippen LogP) is 9.88. The van der Waals surface area contributed by atoms with Gasteiger partial charge in [-0.2, -0.15) is 74.6 Å². The highest BCUT2D eigenvalue weighted by Crippen LogP contribution is 2.64. The van der Waals surface area contributed by atoms with E-state index in [2.05, 4.69) is 0 Å². The highest BCUT2D eigenvalue weighted by atomic mass is 19.4. The summed E-state index contributed by atoms with van der Waals surface area (Å²) in [6, 6.07) is -2.85. The fourth-order valence-corrected chi connectivity index (χ4v) is 4.29. The lowest BCUT2D eigenvalue weighted by molar-refractivity contribution is -0.462. The summed E-state index contributed by atoms with van der Waals surface area (Å²) in [5.41, 5.74) is 0. The summed E-state index contributed by atoms with van der Waals surface area (Å²) >= 11 is 0. The molecule has 2 N–H and O–H groups in total. The first kappa shape index (κ1) is 45.3. The average Bonchev–Trinajstić information content (AvgIpc) is 2.92. The maximum Gasteiger partial charge on any atom is 0.460 e. The topological polar surface area (TPSA) is 81.1 Å². The molecule has 0 saturated carbocycles. The number of amides is 2. The summed E-state index contributed by atoms with van der Waals surface area (Å²) in [5.74, 6) is -58.0. The maximum absolute atomic E-state index is 14.9. The first-order valence-corrected chi connectivity index (χ1v) is 14.1. The Morgan fingerprint density at radius 3 is 1.25 bits per heavy atom. The van der Waals surface area contributed by atoms with Crippen molar-refractivity contribution >= 4 is 12.2 Å². The Labute approximate surface area is 262 Å². The zero-order chi connectivity index (χ0) is 38.4. The largest absolute Gasteiger partial charge is 0.465 e. The van der Waals surface area contributed by atoms with Gasteiger partial charge in [0.1, 0.15) is 0 Å². The number of hydrogen-bond donors (Lipinski definition) is 2. The van der Waals surface area contributed by atoms with Crippen molar-refractivity contribution in [3.8, 4) is 0 Å². The third-order valence-electron chi connectivity index (χ3n) is 7.20. The van der Waals surface area contributed by atoms with E-state index in [1.165, 1.54) is 0 Å². The molecule has 23 heteroatoms. The summed E-state index contributed by atoms with van der Waals surface area (Å²) in [6.07, 6.45) is -13.3. The monoisotopic (exact) mass is 748 g/mol. The quantitative estimate of drug-likeness (QED) is 0.0905. The van der Waals surface area contributed by atoms with Crippen LogP contribution in [-0.4, -0.2) is 106 Å². The third kappa shape index (κ3) is 8.92. The average molecular weight is 749 g/mol. The van der Waals surface area contributed by atoms with E-state index in [4.69, 9.17) is 0 Å². The minimum absolute atomic E-state index is 0.0564. The van der Waals surface area contributed by atoms with Crippen LogP contribution in [0.4, 0.5) is 84.2 Å². The van der Waals surface area contributed by atoms with Crippen LogP contribution in [0.15, 0.2) is 0 Å². The zero-order valence-electron chi connectivity index (χ0n) is 25.1. The fraction of sp³-hybridized carbons (Fsp3) is 0.920. The lowest BCUT2D eigenvalue weighted by Crippen LogP contribution is -2.74. The van der Waals surface area contributed by atoms with Gasteiger partial charge in [-0.05, 0) is 12.8 Å². The van der Waals surface area contributed by atoms with Gasteiger partial charge in [-0.25, -0.2) is 9.59 Å². The summed E-state index contributed by atoms with van der Waals surface area (Å²) in [5, 5.41) is 19.0. The van der Waals surface area contributed by atoms with Crippen LogP contribution in [0.2, 0.25) is 0 Å². The van der Waals surface area contributed by atoms with Crippen LogP contribution < -0.4 is 0 Å². The van der Waals surface area contributed by atoms with Crippen molar-refractivity contribution in [2.24, 2.45) is 0 Å². The van der Waals surface area contributed by atoms with Crippen molar-refractivity contribution in [1.82, 2.24) is 9.80 Å². The Bertz CT molecular complexity index is 1050. The van der Waals surface area contributed by atoms with Gasteiger partial charge < -0.3 is 20.0 Å². The second-order valence-corrected chi connectivity index (χ2v) is 10.8. The van der Waals surface area contributed by atoms with Crippen LogP contribution in [0, 0.1) is 0 Å². The van der Waals surface area contributed by atoms with Gasteiger partial charge in [0.15, 0.2) is 0 Å².